The van der Waals surface area contributed by atoms with E-state index < -0.39 is 0 Å². The fraction of sp³-hybridized carbons (Fsp3) is 0.0789. The van der Waals surface area contributed by atoms with Crippen molar-refractivity contribution in [3.05, 3.63) is 126 Å². The van der Waals surface area contributed by atoms with E-state index in [0.29, 0.717) is 0 Å². The van der Waals surface area contributed by atoms with Crippen LogP contribution in [0.25, 0.3) is 76.8 Å². The Balaban J connectivity index is 1.42. The van der Waals surface area contributed by atoms with Gasteiger partial charge in [0.15, 0.2) is 0 Å². The summed E-state index contributed by atoms with van der Waals surface area (Å²) in [4.78, 5) is 5.35. The summed E-state index contributed by atoms with van der Waals surface area (Å²) in [5, 5.41) is 8.42. The lowest BCUT2D eigenvalue weighted by Gasteiger charge is -2.14. The predicted molar refractivity (Wildman–Crippen MR) is 169 cm³/mol. The van der Waals surface area contributed by atoms with Crippen LogP contribution in [0, 0.1) is 20.8 Å². The molecule has 0 bridgehead atoms. The SMILES string of the molecule is Cc1cc(C)c2oc3c(-c4ccccc4-c4ccc5c6ccccc6c6ccccc6c5n4)cc(C)cc3c2c1. The summed E-state index contributed by atoms with van der Waals surface area (Å²) in [7, 11) is 0. The molecule has 8 rings (SSSR count). The lowest BCUT2D eigenvalue weighted by atomic mass is 9.93. The molecule has 2 nitrogen and oxygen atoms in total. The van der Waals surface area contributed by atoms with Crippen molar-refractivity contribution in [2.24, 2.45) is 0 Å². The molecule has 2 heteroatoms. The molecule has 0 radical (unpaired) electrons. The third-order valence-corrected chi connectivity index (χ3v) is 8.22. The van der Waals surface area contributed by atoms with Gasteiger partial charge in [0.2, 0.25) is 0 Å². The number of benzene rings is 6. The van der Waals surface area contributed by atoms with Crippen LogP contribution in [0.2, 0.25) is 0 Å². The average Bonchev–Trinajstić information content (AvgIpc) is 3.35. The number of hydrogen-bond acceptors (Lipinski definition) is 2. The minimum Gasteiger partial charge on any atom is -0.455 e. The summed E-state index contributed by atoms with van der Waals surface area (Å²) < 4.78 is 6.63. The Kier molecular flexibility index (Phi) is 4.90. The first kappa shape index (κ1) is 23.0. The van der Waals surface area contributed by atoms with E-state index in [9.17, 15) is 0 Å². The Hall–Kier alpha value is -4.95. The van der Waals surface area contributed by atoms with Gasteiger partial charge >= 0.3 is 0 Å². The van der Waals surface area contributed by atoms with Gasteiger partial charge in [-0.3, -0.25) is 0 Å². The van der Waals surface area contributed by atoms with Crippen LogP contribution in [0.3, 0.4) is 0 Å². The summed E-state index contributed by atoms with van der Waals surface area (Å²) in [6, 6.07) is 39.2. The molecule has 6 aromatic carbocycles. The van der Waals surface area contributed by atoms with E-state index in [2.05, 4.69) is 130 Å². The van der Waals surface area contributed by atoms with Gasteiger partial charge < -0.3 is 4.42 Å². The monoisotopic (exact) mass is 513 g/mol. The first-order chi connectivity index (χ1) is 19.6. The van der Waals surface area contributed by atoms with Gasteiger partial charge in [-0.15, -0.1) is 0 Å². The highest BCUT2D eigenvalue weighted by Gasteiger charge is 2.19. The van der Waals surface area contributed by atoms with Gasteiger partial charge in [0, 0.05) is 32.7 Å². The Morgan fingerprint density at radius 3 is 1.73 bits per heavy atom. The van der Waals surface area contributed by atoms with Gasteiger partial charge in [0.05, 0.1) is 11.2 Å². The van der Waals surface area contributed by atoms with Crippen LogP contribution in [-0.2, 0) is 0 Å². The van der Waals surface area contributed by atoms with Crippen LogP contribution in [-0.4, -0.2) is 4.98 Å². The van der Waals surface area contributed by atoms with E-state index in [1.165, 1.54) is 49.0 Å². The Bertz CT molecular complexity index is 2270. The first-order valence-electron chi connectivity index (χ1n) is 13.8. The number of hydrogen-bond donors (Lipinski definition) is 0. The minimum absolute atomic E-state index is 0.930. The highest BCUT2D eigenvalue weighted by Crippen LogP contribution is 2.42. The number of rotatable bonds is 2. The Labute approximate surface area is 232 Å². The maximum atomic E-state index is 6.63. The van der Waals surface area contributed by atoms with Crippen molar-refractivity contribution in [1.29, 1.82) is 0 Å². The molecule has 2 heterocycles. The zero-order valence-electron chi connectivity index (χ0n) is 22.7. The van der Waals surface area contributed by atoms with Gasteiger partial charge in [-0.1, -0.05) is 78.9 Å². The molecule has 0 N–H and O–H groups in total. The molecule has 2 aromatic heterocycles. The van der Waals surface area contributed by atoms with E-state index in [1.54, 1.807) is 0 Å². The number of aryl methyl sites for hydroxylation is 3. The maximum absolute atomic E-state index is 6.63. The van der Waals surface area contributed by atoms with E-state index in [-0.39, 0.29) is 0 Å². The van der Waals surface area contributed by atoms with Crippen LogP contribution >= 0.6 is 0 Å². The van der Waals surface area contributed by atoms with Crippen LogP contribution in [0.5, 0.6) is 0 Å². The minimum atomic E-state index is 0.930. The molecule has 0 aliphatic rings. The van der Waals surface area contributed by atoms with Crippen molar-refractivity contribution in [1.82, 2.24) is 4.98 Å². The second kappa shape index (κ2) is 8.53. The molecule has 0 saturated carbocycles. The summed E-state index contributed by atoms with van der Waals surface area (Å²) in [6.45, 7) is 6.44. The molecule has 0 amide bonds. The third-order valence-electron chi connectivity index (χ3n) is 8.22. The van der Waals surface area contributed by atoms with E-state index in [1.807, 2.05) is 0 Å². The highest BCUT2D eigenvalue weighted by molar-refractivity contribution is 6.24. The molecular weight excluding hydrogens is 486 g/mol. The third kappa shape index (κ3) is 3.32. The summed E-state index contributed by atoms with van der Waals surface area (Å²) in [5.41, 5.74) is 10.8. The standard InChI is InChI=1S/C38H27NO/c1-22-18-24(3)37-33(19-22)34-21-23(2)20-32(38(34)40-37)28-13-6-8-14-29(28)35-17-16-31-27-12-5-4-10-25(27)26-11-7-9-15-30(26)36(31)39-35/h4-21H,1-3H3. The number of aromatic nitrogens is 1. The van der Waals surface area contributed by atoms with E-state index in [0.717, 1.165) is 44.5 Å². The molecule has 0 spiro atoms. The highest BCUT2D eigenvalue weighted by atomic mass is 16.3. The first-order valence-corrected chi connectivity index (χ1v) is 13.8. The lowest BCUT2D eigenvalue weighted by Crippen LogP contribution is -1.92. The normalized spacial score (nSPS) is 11.9. The summed E-state index contributed by atoms with van der Waals surface area (Å²) in [5.74, 6) is 0. The van der Waals surface area contributed by atoms with Crippen LogP contribution in [0.15, 0.2) is 114 Å². The molecule has 190 valence electrons. The molecule has 40 heavy (non-hydrogen) atoms. The van der Waals surface area contributed by atoms with Crippen molar-refractivity contribution in [3.63, 3.8) is 0 Å². The lowest BCUT2D eigenvalue weighted by molar-refractivity contribution is 0.666. The van der Waals surface area contributed by atoms with Crippen molar-refractivity contribution in [2.45, 2.75) is 20.8 Å². The Morgan fingerprint density at radius 1 is 0.450 bits per heavy atom. The Morgan fingerprint density at radius 2 is 1.00 bits per heavy atom. The van der Waals surface area contributed by atoms with Gasteiger partial charge in [-0.2, -0.15) is 0 Å². The molecule has 8 aromatic rings. The predicted octanol–water partition coefficient (Wildman–Crippen LogP) is 10.7. The molecule has 0 fully saturated rings. The molecule has 0 unspecified atom stereocenters. The van der Waals surface area contributed by atoms with Gasteiger partial charge in [0.25, 0.3) is 0 Å². The maximum Gasteiger partial charge on any atom is 0.143 e. The second-order valence-electron chi connectivity index (χ2n) is 11.0. The number of pyridine rings is 1. The fourth-order valence-corrected chi connectivity index (χ4v) is 6.53. The van der Waals surface area contributed by atoms with Crippen LogP contribution in [0.1, 0.15) is 16.7 Å². The van der Waals surface area contributed by atoms with Gasteiger partial charge in [0.1, 0.15) is 11.2 Å². The molecule has 0 saturated heterocycles. The van der Waals surface area contributed by atoms with Gasteiger partial charge in [-0.25, -0.2) is 4.98 Å². The molecule has 0 aliphatic heterocycles. The van der Waals surface area contributed by atoms with Crippen LogP contribution in [0.4, 0.5) is 0 Å². The van der Waals surface area contributed by atoms with Crippen LogP contribution < -0.4 is 0 Å². The molecule has 0 atom stereocenters. The van der Waals surface area contributed by atoms with Crippen molar-refractivity contribution < 1.29 is 4.42 Å². The summed E-state index contributed by atoms with van der Waals surface area (Å²) in [6.07, 6.45) is 0. The average molecular weight is 514 g/mol. The topological polar surface area (TPSA) is 26.0 Å². The second-order valence-corrected chi connectivity index (χ2v) is 11.0. The number of fused-ring (bicyclic) bond motifs is 9. The summed E-state index contributed by atoms with van der Waals surface area (Å²) >= 11 is 0. The fourth-order valence-electron chi connectivity index (χ4n) is 6.53. The van der Waals surface area contributed by atoms with E-state index in [4.69, 9.17) is 9.40 Å². The number of nitrogens with zero attached hydrogens (tertiary/aromatic N) is 1. The largest absolute Gasteiger partial charge is 0.455 e. The zero-order chi connectivity index (χ0) is 27.0. The quantitative estimate of drug-likeness (QED) is 0.215. The van der Waals surface area contributed by atoms with Gasteiger partial charge in [-0.05, 0) is 89.5 Å². The van der Waals surface area contributed by atoms with E-state index >= 15 is 0 Å². The molecular formula is C38H27NO. The molecule has 0 aliphatic carbocycles. The smallest absolute Gasteiger partial charge is 0.143 e. The van der Waals surface area contributed by atoms with Crippen molar-refractivity contribution in [2.75, 3.05) is 0 Å². The van der Waals surface area contributed by atoms with Crippen molar-refractivity contribution in [3.8, 4) is 22.4 Å². The number of furan rings is 1. The van der Waals surface area contributed by atoms with Crippen molar-refractivity contribution >= 4 is 54.4 Å². The zero-order valence-corrected chi connectivity index (χ0v) is 22.7.